The maximum absolute atomic E-state index is 11.0. The Kier molecular flexibility index (Phi) is 5.05. The van der Waals surface area contributed by atoms with Crippen molar-refractivity contribution in [2.45, 2.75) is 20.3 Å². The first-order chi connectivity index (χ1) is 12.2. The quantitative estimate of drug-likeness (QED) is 0.583. The molecule has 0 aromatic heterocycles. The van der Waals surface area contributed by atoms with Gasteiger partial charge in [-0.3, -0.25) is 4.57 Å². The Morgan fingerprint density at radius 3 is 2.19 bits per heavy atom. The van der Waals surface area contributed by atoms with Gasteiger partial charge in [-0.05, 0) is 66.1 Å². The second kappa shape index (κ2) is 7.12. The Balaban J connectivity index is 1.94. The van der Waals surface area contributed by atoms with E-state index < -0.39 is 13.9 Å². The molecule has 0 fully saturated rings. The van der Waals surface area contributed by atoms with Crippen LogP contribution in [0.3, 0.4) is 0 Å². The molecule has 0 radical (unpaired) electrons. The van der Waals surface area contributed by atoms with Crippen molar-refractivity contribution in [1.82, 2.24) is 0 Å². The second-order valence-corrected chi connectivity index (χ2v) is 8.03. The third-order valence-corrected chi connectivity index (χ3v) is 4.89. The fourth-order valence-electron chi connectivity index (χ4n) is 3.16. The molecule has 0 saturated heterocycles. The summed E-state index contributed by atoms with van der Waals surface area (Å²) < 4.78 is 16.2. The highest BCUT2D eigenvalue weighted by atomic mass is 31.2. The van der Waals surface area contributed by atoms with Gasteiger partial charge in [-0.25, -0.2) is 0 Å². The number of benzene rings is 3. The summed E-state index contributed by atoms with van der Waals surface area (Å²) in [5.74, 6) is 0.710. The minimum absolute atomic E-state index is 0.263. The van der Waals surface area contributed by atoms with Gasteiger partial charge >= 0.3 is 7.60 Å². The van der Waals surface area contributed by atoms with Crippen molar-refractivity contribution >= 4 is 18.4 Å². The van der Waals surface area contributed by atoms with Gasteiger partial charge in [-0.1, -0.05) is 30.3 Å². The van der Waals surface area contributed by atoms with Gasteiger partial charge in [0.2, 0.25) is 0 Å². The fourth-order valence-corrected chi connectivity index (χ4v) is 3.48. The number of fused-ring (bicyclic) bond motifs is 1. The largest absolute Gasteiger partial charge is 0.507 e. The van der Waals surface area contributed by atoms with Gasteiger partial charge < -0.3 is 19.6 Å². The molecule has 0 aliphatic rings. The van der Waals surface area contributed by atoms with Crippen LogP contribution < -0.4 is 4.74 Å². The Hall–Kier alpha value is -2.33. The predicted molar refractivity (Wildman–Crippen MR) is 102 cm³/mol. The van der Waals surface area contributed by atoms with Crippen molar-refractivity contribution in [3.05, 3.63) is 70.8 Å². The third kappa shape index (κ3) is 4.07. The van der Waals surface area contributed by atoms with Gasteiger partial charge in [0.25, 0.3) is 0 Å². The highest BCUT2D eigenvalue weighted by Gasteiger charge is 2.15. The zero-order valence-corrected chi connectivity index (χ0v) is 15.5. The lowest BCUT2D eigenvalue weighted by Gasteiger charge is -2.15. The first-order valence-corrected chi connectivity index (χ1v) is 10.0. The molecule has 5 nitrogen and oxygen atoms in total. The van der Waals surface area contributed by atoms with E-state index in [1.54, 1.807) is 18.2 Å². The molecule has 0 heterocycles. The Morgan fingerprint density at radius 2 is 1.58 bits per heavy atom. The zero-order chi connectivity index (χ0) is 18.9. The fraction of sp³-hybridized carbons (Fsp3) is 0.200. The summed E-state index contributed by atoms with van der Waals surface area (Å²) in [4.78, 5) is 17.9. The van der Waals surface area contributed by atoms with Crippen molar-refractivity contribution < 1.29 is 24.2 Å². The zero-order valence-electron chi connectivity index (χ0n) is 14.6. The van der Waals surface area contributed by atoms with Gasteiger partial charge in [0.05, 0.1) is 0 Å². The topological polar surface area (TPSA) is 87.0 Å². The first kappa shape index (κ1) is 18.5. The van der Waals surface area contributed by atoms with E-state index in [1.165, 1.54) is 0 Å². The Bertz CT molecular complexity index is 983. The van der Waals surface area contributed by atoms with Crippen LogP contribution in [0.25, 0.3) is 10.8 Å². The molecule has 0 aliphatic heterocycles. The van der Waals surface area contributed by atoms with Crippen molar-refractivity contribution in [2.24, 2.45) is 0 Å². The van der Waals surface area contributed by atoms with E-state index in [0.29, 0.717) is 12.2 Å². The SMILES string of the molecule is Cc1cc(OCP(=O)(O)O)cc(C)c1Cc1ccc(O)c2ccccc12. The molecule has 3 N–H and O–H groups in total. The van der Waals surface area contributed by atoms with Gasteiger partial charge in [-0.2, -0.15) is 0 Å². The van der Waals surface area contributed by atoms with E-state index in [-0.39, 0.29) is 5.75 Å². The molecule has 0 atom stereocenters. The Labute approximate surface area is 152 Å². The molecular formula is C20H21O5P. The van der Waals surface area contributed by atoms with Crippen LogP contribution in [0, 0.1) is 13.8 Å². The maximum Gasteiger partial charge on any atom is 0.362 e. The first-order valence-electron chi connectivity index (χ1n) is 8.22. The number of aryl methyl sites for hydroxylation is 2. The van der Waals surface area contributed by atoms with Crippen LogP contribution in [0.5, 0.6) is 11.5 Å². The van der Waals surface area contributed by atoms with E-state index in [0.717, 1.165) is 33.0 Å². The van der Waals surface area contributed by atoms with Crippen molar-refractivity contribution in [2.75, 3.05) is 6.35 Å². The lowest BCUT2D eigenvalue weighted by atomic mass is 9.93. The molecule has 3 aromatic carbocycles. The van der Waals surface area contributed by atoms with Gasteiger partial charge in [-0.15, -0.1) is 0 Å². The van der Waals surface area contributed by atoms with E-state index in [4.69, 9.17) is 14.5 Å². The third-order valence-electron chi connectivity index (χ3n) is 4.43. The average molecular weight is 372 g/mol. The lowest BCUT2D eigenvalue weighted by molar-refractivity contribution is 0.300. The van der Waals surface area contributed by atoms with Gasteiger partial charge in [0.15, 0.2) is 6.35 Å². The number of phenolic OH excluding ortho intramolecular Hbond substituents is 1. The van der Waals surface area contributed by atoms with E-state index in [2.05, 4.69) is 0 Å². The van der Waals surface area contributed by atoms with E-state index in [1.807, 2.05) is 44.2 Å². The van der Waals surface area contributed by atoms with Crippen LogP contribution in [-0.2, 0) is 11.0 Å². The molecule has 0 amide bonds. The number of ether oxygens (including phenoxy) is 1. The summed E-state index contributed by atoms with van der Waals surface area (Å²) in [6.07, 6.45) is 0.0606. The normalized spacial score (nSPS) is 11.7. The monoisotopic (exact) mass is 372 g/mol. The van der Waals surface area contributed by atoms with Crippen LogP contribution >= 0.6 is 7.60 Å². The summed E-state index contributed by atoms with van der Waals surface area (Å²) in [5, 5.41) is 11.9. The molecule has 3 aromatic rings. The number of hydrogen-bond donors (Lipinski definition) is 3. The minimum atomic E-state index is -4.21. The number of phenols is 1. The van der Waals surface area contributed by atoms with Crippen LogP contribution in [-0.4, -0.2) is 21.2 Å². The standard InChI is InChI=1S/C20H21O5P/c1-13-9-16(25-12-26(22,23)24)10-14(2)19(13)11-15-7-8-20(21)18-6-4-3-5-17(15)18/h3-10,21H,11-12H2,1-2H3,(H2,22,23,24). The molecular weight excluding hydrogens is 351 g/mol. The van der Waals surface area contributed by atoms with Crippen LogP contribution in [0.2, 0.25) is 0 Å². The molecule has 6 heteroatoms. The molecule has 0 spiro atoms. The minimum Gasteiger partial charge on any atom is -0.507 e. The Morgan fingerprint density at radius 1 is 0.962 bits per heavy atom. The predicted octanol–water partition coefficient (Wildman–Crippen LogP) is 4.27. The van der Waals surface area contributed by atoms with Crippen LogP contribution in [0.15, 0.2) is 48.5 Å². The molecule has 0 saturated carbocycles. The molecule has 0 aliphatic carbocycles. The van der Waals surface area contributed by atoms with Crippen molar-refractivity contribution in [3.63, 3.8) is 0 Å². The van der Waals surface area contributed by atoms with Crippen molar-refractivity contribution in [3.8, 4) is 11.5 Å². The highest BCUT2D eigenvalue weighted by Crippen LogP contribution is 2.36. The summed E-state index contributed by atoms with van der Waals surface area (Å²) in [6, 6.07) is 15.0. The smallest absolute Gasteiger partial charge is 0.362 e. The molecule has 136 valence electrons. The second-order valence-electron chi connectivity index (χ2n) is 6.44. The van der Waals surface area contributed by atoms with Gasteiger partial charge in [0.1, 0.15) is 11.5 Å². The van der Waals surface area contributed by atoms with E-state index in [9.17, 15) is 9.67 Å². The lowest BCUT2D eigenvalue weighted by Crippen LogP contribution is -2.01. The maximum atomic E-state index is 11.0. The molecule has 26 heavy (non-hydrogen) atoms. The van der Waals surface area contributed by atoms with Gasteiger partial charge in [0, 0.05) is 5.39 Å². The molecule has 0 unspecified atom stereocenters. The van der Waals surface area contributed by atoms with Crippen LogP contribution in [0.1, 0.15) is 22.3 Å². The summed E-state index contributed by atoms with van der Waals surface area (Å²) in [5.41, 5.74) is 4.21. The highest BCUT2D eigenvalue weighted by molar-refractivity contribution is 7.51. The molecule has 0 bridgehead atoms. The summed E-state index contributed by atoms with van der Waals surface area (Å²) in [7, 11) is -4.21. The van der Waals surface area contributed by atoms with E-state index >= 15 is 0 Å². The van der Waals surface area contributed by atoms with Crippen molar-refractivity contribution in [1.29, 1.82) is 0 Å². The number of aromatic hydroxyl groups is 1. The average Bonchev–Trinajstić information content (AvgIpc) is 2.58. The molecule has 3 rings (SSSR count). The van der Waals surface area contributed by atoms with Crippen LogP contribution in [0.4, 0.5) is 0 Å². The summed E-state index contributed by atoms with van der Waals surface area (Å²) in [6.45, 7) is 3.91. The number of rotatable bonds is 5. The summed E-state index contributed by atoms with van der Waals surface area (Å²) >= 11 is 0. The number of hydrogen-bond acceptors (Lipinski definition) is 3.